The van der Waals surface area contributed by atoms with Crippen LogP contribution in [0.4, 0.5) is 11.4 Å². The lowest BCUT2D eigenvalue weighted by molar-refractivity contribution is -0.118. The van der Waals surface area contributed by atoms with Gasteiger partial charge >= 0.3 is 0 Å². The van der Waals surface area contributed by atoms with E-state index >= 15 is 0 Å². The number of hydrogen-bond acceptors (Lipinski definition) is 8. The first-order valence-corrected chi connectivity index (χ1v) is 15.7. The molecule has 2 aliphatic rings. The smallest absolute Gasteiger partial charge is 0.225 e. The highest BCUT2D eigenvalue weighted by molar-refractivity contribution is 7.91. The quantitative estimate of drug-likeness (QED) is 0.435. The zero-order valence-corrected chi connectivity index (χ0v) is 25.2. The molecule has 4 rings (SSSR count). The Morgan fingerprint density at radius 3 is 1.29 bits per heavy atom. The molecule has 2 fully saturated rings. The SMILES string of the molecule is CC1COCC(C)N1CCC(=O)Nc1ccc(S(=O)(=O)c2ccc(NC(=O)CCN3C(C)COCC3C)cc2)cc1. The van der Waals surface area contributed by atoms with Crippen molar-refractivity contribution in [3.05, 3.63) is 48.5 Å². The van der Waals surface area contributed by atoms with Crippen molar-refractivity contribution in [3.63, 3.8) is 0 Å². The van der Waals surface area contributed by atoms with Crippen LogP contribution < -0.4 is 10.6 Å². The van der Waals surface area contributed by atoms with E-state index in [0.29, 0.717) is 63.7 Å². The number of rotatable bonds is 10. The number of ether oxygens (including phenoxy) is 2. The number of sulfone groups is 1. The van der Waals surface area contributed by atoms with E-state index in [4.69, 9.17) is 9.47 Å². The molecular formula is C30H42N4O6S. The lowest BCUT2D eigenvalue weighted by Gasteiger charge is -2.38. The van der Waals surface area contributed by atoms with Crippen LogP contribution in [-0.2, 0) is 28.9 Å². The van der Waals surface area contributed by atoms with Gasteiger partial charge in [0.15, 0.2) is 0 Å². The Morgan fingerprint density at radius 1 is 0.659 bits per heavy atom. The van der Waals surface area contributed by atoms with Crippen LogP contribution in [0, 0.1) is 0 Å². The van der Waals surface area contributed by atoms with E-state index in [1.165, 1.54) is 24.3 Å². The zero-order valence-electron chi connectivity index (χ0n) is 24.3. The Morgan fingerprint density at radius 2 is 0.976 bits per heavy atom. The van der Waals surface area contributed by atoms with Gasteiger partial charge in [0.2, 0.25) is 21.7 Å². The zero-order chi connectivity index (χ0) is 29.6. The Balaban J connectivity index is 1.28. The van der Waals surface area contributed by atoms with Crippen molar-refractivity contribution in [1.29, 1.82) is 0 Å². The van der Waals surface area contributed by atoms with Gasteiger partial charge in [0.05, 0.1) is 36.2 Å². The molecule has 0 saturated carbocycles. The van der Waals surface area contributed by atoms with Crippen molar-refractivity contribution >= 4 is 33.0 Å². The van der Waals surface area contributed by atoms with Crippen molar-refractivity contribution in [2.75, 3.05) is 50.2 Å². The summed E-state index contributed by atoms with van der Waals surface area (Å²) < 4.78 is 37.4. The number of amides is 2. The van der Waals surface area contributed by atoms with Crippen molar-refractivity contribution in [2.45, 2.75) is 74.5 Å². The van der Waals surface area contributed by atoms with Gasteiger partial charge in [0, 0.05) is 61.5 Å². The van der Waals surface area contributed by atoms with Gasteiger partial charge in [-0.15, -0.1) is 0 Å². The number of hydrogen-bond donors (Lipinski definition) is 2. The van der Waals surface area contributed by atoms with E-state index in [9.17, 15) is 18.0 Å². The summed E-state index contributed by atoms with van der Waals surface area (Å²) in [6, 6.07) is 13.4. The first-order chi connectivity index (χ1) is 19.5. The Bertz CT molecular complexity index is 1170. The first-order valence-electron chi connectivity index (χ1n) is 14.3. The second kappa shape index (κ2) is 13.9. The minimum atomic E-state index is -3.77. The molecule has 2 amide bonds. The topological polar surface area (TPSA) is 117 Å². The van der Waals surface area contributed by atoms with Gasteiger partial charge in [-0.05, 0) is 76.2 Å². The standard InChI is InChI=1S/C30H42N4O6S/c1-21-17-39-18-22(2)33(21)15-13-29(35)31-25-5-9-27(10-6-25)41(37,38)28-11-7-26(8-12-28)32-30(36)14-16-34-23(3)19-40-20-24(34)4/h5-12,21-24H,13-20H2,1-4H3,(H,31,35)(H,32,36). The van der Waals surface area contributed by atoms with Gasteiger partial charge in [0.1, 0.15) is 0 Å². The van der Waals surface area contributed by atoms with E-state index in [2.05, 4.69) is 48.1 Å². The molecule has 4 unspecified atom stereocenters. The van der Waals surface area contributed by atoms with Gasteiger partial charge in [-0.25, -0.2) is 8.42 Å². The predicted octanol–water partition coefficient (Wildman–Crippen LogP) is 3.40. The molecule has 2 aromatic rings. The third-order valence-corrected chi connectivity index (χ3v) is 9.58. The fourth-order valence-corrected chi connectivity index (χ4v) is 6.69. The minimum absolute atomic E-state index is 0.122. The average Bonchev–Trinajstić information content (AvgIpc) is 2.93. The van der Waals surface area contributed by atoms with Gasteiger partial charge < -0.3 is 20.1 Å². The third-order valence-electron chi connectivity index (χ3n) is 7.79. The second-order valence-electron chi connectivity index (χ2n) is 11.1. The number of carbonyl (C=O) groups excluding carboxylic acids is 2. The van der Waals surface area contributed by atoms with Crippen LogP contribution in [0.25, 0.3) is 0 Å². The van der Waals surface area contributed by atoms with Gasteiger partial charge in [-0.1, -0.05) is 0 Å². The van der Waals surface area contributed by atoms with Crippen LogP contribution in [0.15, 0.2) is 58.3 Å². The summed E-state index contributed by atoms with van der Waals surface area (Å²) in [4.78, 5) is 29.8. The highest BCUT2D eigenvalue weighted by Crippen LogP contribution is 2.24. The van der Waals surface area contributed by atoms with Crippen molar-refractivity contribution in [3.8, 4) is 0 Å². The van der Waals surface area contributed by atoms with E-state index in [1.54, 1.807) is 24.3 Å². The maximum atomic E-state index is 13.2. The average molecular weight is 587 g/mol. The molecule has 2 aliphatic heterocycles. The van der Waals surface area contributed by atoms with Crippen LogP contribution in [0.3, 0.4) is 0 Å². The summed E-state index contributed by atoms with van der Waals surface area (Å²) in [6.07, 6.45) is 0.673. The van der Waals surface area contributed by atoms with Gasteiger partial charge in [0.25, 0.3) is 0 Å². The second-order valence-corrected chi connectivity index (χ2v) is 13.0. The number of anilines is 2. The molecule has 0 spiro atoms. The van der Waals surface area contributed by atoms with Gasteiger partial charge in [-0.3, -0.25) is 19.4 Å². The number of carbonyl (C=O) groups is 2. The van der Waals surface area contributed by atoms with Crippen LogP contribution in [0.5, 0.6) is 0 Å². The molecule has 2 saturated heterocycles. The van der Waals surface area contributed by atoms with Crippen molar-refractivity contribution in [1.82, 2.24) is 9.80 Å². The summed E-state index contributed by atoms with van der Waals surface area (Å²) >= 11 is 0. The molecule has 224 valence electrons. The minimum Gasteiger partial charge on any atom is -0.378 e. The summed E-state index contributed by atoms with van der Waals surface area (Å²) in [7, 11) is -3.77. The highest BCUT2D eigenvalue weighted by atomic mass is 32.2. The van der Waals surface area contributed by atoms with E-state index in [-0.39, 0.29) is 45.8 Å². The molecule has 2 heterocycles. The number of morpholine rings is 2. The predicted molar refractivity (Wildman–Crippen MR) is 158 cm³/mol. The first kappa shape index (κ1) is 31.1. The molecule has 10 nitrogen and oxygen atoms in total. The van der Waals surface area contributed by atoms with Crippen LogP contribution in [0.2, 0.25) is 0 Å². The Kier molecular flexibility index (Phi) is 10.5. The molecule has 2 N–H and O–H groups in total. The van der Waals surface area contributed by atoms with Crippen LogP contribution in [-0.4, -0.2) is 93.7 Å². The molecule has 0 bridgehead atoms. The third kappa shape index (κ3) is 8.14. The molecule has 41 heavy (non-hydrogen) atoms. The molecule has 0 radical (unpaired) electrons. The summed E-state index contributed by atoms with van der Waals surface area (Å²) in [6.45, 7) is 12.3. The van der Waals surface area contributed by atoms with E-state index in [1.807, 2.05) is 0 Å². The lowest BCUT2D eigenvalue weighted by Crippen LogP contribution is -2.50. The van der Waals surface area contributed by atoms with Crippen LogP contribution >= 0.6 is 0 Å². The fourth-order valence-electron chi connectivity index (χ4n) is 5.43. The lowest BCUT2D eigenvalue weighted by atomic mass is 10.1. The molecule has 11 heteroatoms. The largest absolute Gasteiger partial charge is 0.378 e. The molecule has 4 atom stereocenters. The molecule has 2 aromatic carbocycles. The monoisotopic (exact) mass is 586 g/mol. The Labute approximate surface area is 243 Å². The van der Waals surface area contributed by atoms with Crippen LogP contribution in [0.1, 0.15) is 40.5 Å². The number of nitrogens with zero attached hydrogens (tertiary/aromatic N) is 2. The maximum absolute atomic E-state index is 13.2. The van der Waals surface area contributed by atoms with E-state index in [0.717, 1.165) is 0 Å². The highest BCUT2D eigenvalue weighted by Gasteiger charge is 2.26. The maximum Gasteiger partial charge on any atom is 0.225 e. The molecule has 0 aromatic heterocycles. The summed E-state index contributed by atoms with van der Waals surface area (Å²) in [5.41, 5.74) is 1.08. The normalized spacial score (nSPS) is 24.1. The van der Waals surface area contributed by atoms with E-state index < -0.39 is 9.84 Å². The van der Waals surface area contributed by atoms with Crippen molar-refractivity contribution in [2.24, 2.45) is 0 Å². The molecular weight excluding hydrogens is 544 g/mol. The summed E-state index contributed by atoms with van der Waals surface area (Å²) in [5.74, 6) is -0.254. The summed E-state index contributed by atoms with van der Waals surface area (Å²) in [5, 5.41) is 5.70. The molecule has 0 aliphatic carbocycles. The van der Waals surface area contributed by atoms with Crippen molar-refractivity contribution < 1.29 is 27.5 Å². The Hall–Kier alpha value is -2.83. The number of nitrogens with one attached hydrogen (secondary N) is 2. The fraction of sp³-hybridized carbons (Fsp3) is 0.533. The van der Waals surface area contributed by atoms with Gasteiger partial charge in [-0.2, -0.15) is 0 Å². The number of benzene rings is 2.